The quantitative estimate of drug-likeness (QED) is 0.478. The maximum absolute atomic E-state index is 13.1. The number of amides is 2. The molecule has 0 aliphatic heterocycles. The van der Waals surface area contributed by atoms with Gasteiger partial charge in [0.25, 0.3) is 5.91 Å². The van der Waals surface area contributed by atoms with Crippen LogP contribution in [0.2, 0.25) is 5.02 Å². The van der Waals surface area contributed by atoms with Gasteiger partial charge in [-0.05, 0) is 57.0 Å². The molecule has 0 atom stereocenters. The lowest BCUT2D eigenvalue weighted by Gasteiger charge is -2.33. The topological polar surface area (TPSA) is 108 Å². The molecule has 0 saturated heterocycles. The van der Waals surface area contributed by atoms with Gasteiger partial charge in [0.2, 0.25) is 11.7 Å². The van der Waals surface area contributed by atoms with Crippen molar-refractivity contribution in [3.63, 3.8) is 0 Å². The van der Waals surface area contributed by atoms with Gasteiger partial charge in [-0.3, -0.25) is 9.59 Å². The van der Waals surface area contributed by atoms with Crippen LogP contribution in [0.25, 0.3) is 11.0 Å². The fourth-order valence-corrected chi connectivity index (χ4v) is 4.41. The number of aromatic nitrogens is 1. The molecule has 3 N–H and O–H groups in total. The number of benzene rings is 1. The molecule has 2 amide bonds. The minimum Gasteiger partial charge on any atom is -0.449 e. The number of hydrogen-bond acceptors (Lipinski definition) is 6. The number of halogens is 1. The monoisotopic (exact) mass is 470 g/mol. The zero-order chi connectivity index (χ0) is 23.4. The molecule has 1 saturated carbocycles. The first kappa shape index (κ1) is 23.2. The molecule has 0 unspecified atom stereocenters. The van der Waals surface area contributed by atoms with E-state index < -0.39 is 5.91 Å². The third-order valence-corrected chi connectivity index (χ3v) is 6.39. The lowest BCUT2D eigenvalue weighted by Crippen LogP contribution is -2.39. The molecule has 0 radical (unpaired) electrons. The summed E-state index contributed by atoms with van der Waals surface area (Å²) in [4.78, 5) is 32.3. The summed E-state index contributed by atoms with van der Waals surface area (Å²) < 4.78 is 5.81. The van der Waals surface area contributed by atoms with Gasteiger partial charge >= 0.3 is 0 Å². The summed E-state index contributed by atoms with van der Waals surface area (Å²) >= 11 is 5.86. The van der Waals surface area contributed by atoms with E-state index in [9.17, 15) is 9.59 Å². The molecule has 3 aromatic rings. The number of para-hydroxylation sites is 1. The summed E-state index contributed by atoms with van der Waals surface area (Å²) in [6.45, 7) is 0.754. The van der Waals surface area contributed by atoms with Crippen LogP contribution >= 0.6 is 11.6 Å². The van der Waals surface area contributed by atoms with Crippen LogP contribution in [0.15, 0.2) is 47.0 Å². The molecular formula is C24H27ClN4O4. The largest absolute Gasteiger partial charge is 0.449 e. The molecule has 8 nitrogen and oxygen atoms in total. The van der Waals surface area contributed by atoms with Crippen LogP contribution in [0, 0.1) is 5.92 Å². The molecule has 4 rings (SSSR count). The van der Waals surface area contributed by atoms with E-state index in [-0.39, 0.29) is 24.2 Å². The maximum atomic E-state index is 13.1. The molecular weight excluding hydrogens is 444 g/mol. The second-order valence-electron chi connectivity index (χ2n) is 8.32. The second kappa shape index (κ2) is 10.3. The van der Waals surface area contributed by atoms with Crippen molar-refractivity contribution in [3.05, 3.63) is 53.4 Å². The number of likely N-dealkylation sites (N-methyl/N-ethyl adjacent to an activating group) is 1. The number of fused-ring (bicyclic) bond motifs is 1. The SMILES string of the molecule is CN(CCO)C1CCC(C(=O)Nc2c(C(=O)Nc3ccc(Cl)cn3)oc3ccccc23)CC1. The van der Waals surface area contributed by atoms with E-state index in [4.69, 9.17) is 21.1 Å². The number of hydrogen-bond donors (Lipinski definition) is 3. The fraction of sp³-hybridized carbons (Fsp3) is 0.375. The summed E-state index contributed by atoms with van der Waals surface area (Å²) in [5.41, 5.74) is 0.873. The summed E-state index contributed by atoms with van der Waals surface area (Å²) in [5.74, 6) is -0.425. The van der Waals surface area contributed by atoms with E-state index in [0.29, 0.717) is 40.1 Å². The lowest BCUT2D eigenvalue weighted by atomic mass is 9.85. The van der Waals surface area contributed by atoms with Gasteiger partial charge in [-0.25, -0.2) is 4.98 Å². The van der Waals surface area contributed by atoms with Crippen molar-refractivity contribution in [3.8, 4) is 0 Å². The standard InChI is InChI=1S/C24H27ClN4O4/c1-29(12-13-30)17-9-6-15(7-10-17)23(31)28-21-18-4-2-3-5-19(18)33-22(21)24(32)27-20-11-8-16(25)14-26-20/h2-5,8,11,14-15,17,30H,6-7,9-10,12-13H2,1H3,(H,28,31)(H,26,27,32). The fourth-order valence-electron chi connectivity index (χ4n) is 4.30. The minimum atomic E-state index is -0.509. The van der Waals surface area contributed by atoms with Crippen LogP contribution in [-0.2, 0) is 4.79 Å². The van der Waals surface area contributed by atoms with Gasteiger partial charge < -0.3 is 25.1 Å². The van der Waals surface area contributed by atoms with Crippen molar-refractivity contribution in [1.29, 1.82) is 0 Å². The summed E-state index contributed by atoms with van der Waals surface area (Å²) in [6.07, 6.45) is 4.70. The van der Waals surface area contributed by atoms with Crippen LogP contribution in [0.5, 0.6) is 0 Å². The number of carbonyl (C=O) groups is 2. The van der Waals surface area contributed by atoms with Crippen molar-refractivity contribution in [2.45, 2.75) is 31.7 Å². The van der Waals surface area contributed by atoms with Gasteiger partial charge in [0, 0.05) is 30.1 Å². The Hall–Kier alpha value is -2.94. The van der Waals surface area contributed by atoms with E-state index in [1.54, 1.807) is 18.2 Å². The number of anilines is 2. The maximum Gasteiger partial charge on any atom is 0.294 e. The first-order chi connectivity index (χ1) is 16.0. The van der Waals surface area contributed by atoms with Crippen LogP contribution in [0.4, 0.5) is 11.5 Å². The summed E-state index contributed by atoms with van der Waals surface area (Å²) in [5, 5.41) is 15.9. The van der Waals surface area contributed by atoms with E-state index in [2.05, 4.69) is 20.5 Å². The Bertz CT molecular complexity index is 1120. The minimum absolute atomic E-state index is 0.0256. The number of furan rings is 1. The molecule has 1 fully saturated rings. The van der Waals surface area contributed by atoms with Gasteiger partial charge in [0.15, 0.2) is 0 Å². The van der Waals surface area contributed by atoms with E-state index in [1.165, 1.54) is 6.20 Å². The predicted octanol–water partition coefficient (Wildman–Crippen LogP) is 4.15. The molecule has 1 aliphatic carbocycles. The third kappa shape index (κ3) is 5.35. The highest BCUT2D eigenvalue weighted by molar-refractivity contribution is 6.30. The highest BCUT2D eigenvalue weighted by Crippen LogP contribution is 2.34. The van der Waals surface area contributed by atoms with Crippen molar-refractivity contribution in [1.82, 2.24) is 9.88 Å². The van der Waals surface area contributed by atoms with Crippen molar-refractivity contribution in [2.75, 3.05) is 30.8 Å². The van der Waals surface area contributed by atoms with Crippen LogP contribution < -0.4 is 10.6 Å². The Balaban J connectivity index is 1.50. The smallest absolute Gasteiger partial charge is 0.294 e. The van der Waals surface area contributed by atoms with Crippen molar-refractivity contribution < 1.29 is 19.1 Å². The molecule has 9 heteroatoms. The molecule has 1 aromatic carbocycles. The first-order valence-electron chi connectivity index (χ1n) is 11.0. The van der Waals surface area contributed by atoms with E-state index in [0.717, 1.165) is 25.7 Å². The highest BCUT2D eigenvalue weighted by atomic mass is 35.5. The molecule has 1 aliphatic rings. The molecule has 2 heterocycles. The number of nitrogens with zero attached hydrogens (tertiary/aromatic N) is 2. The Morgan fingerprint density at radius 3 is 2.61 bits per heavy atom. The van der Waals surface area contributed by atoms with Gasteiger partial charge in [0.05, 0.1) is 11.6 Å². The summed E-state index contributed by atoms with van der Waals surface area (Å²) in [6, 6.07) is 10.8. The number of pyridine rings is 1. The number of nitrogens with one attached hydrogen (secondary N) is 2. The second-order valence-corrected chi connectivity index (χ2v) is 8.75. The number of carbonyl (C=O) groups excluding carboxylic acids is 2. The van der Waals surface area contributed by atoms with E-state index in [1.807, 2.05) is 25.2 Å². The number of aliphatic hydroxyl groups excluding tert-OH is 1. The Morgan fingerprint density at radius 2 is 1.91 bits per heavy atom. The zero-order valence-corrected chi connectivity index (χ0v) is 19.1. The Kier molecular flexibility index (Phi) is 7.27. The molecule has 0 bridgehead atoms. The zero-order valence-electron chi connectivity index (χ0n) is 18.4. The van der Waals surface area contributed by atoms with Gasteiger partial charge in [-0.15, -0.1) is 0 Å². The van der Waals surface area contributed by atoms with Crippen LogP contribution in [0.1, 0.15) is 36.2 Å². The Labute approximate surface area is 196 Å². The van der Waals surface area contributed by atoms with Gasteiger partial charge in [0.1, 0.15) is 17.1 Å². The molecule has 174 valence electrons. The third-order valence-electron chi connectivity index (χ3n) is 6.16. The molecule has 33 heavy (non-hydrogen) atoms. The molecule has 2 aromatic heterocycles. The molecule has 0 spiro atoms. The normalized spacial score (nSPS) is 18.4. The summed E-state index contributed by atoms with van der Waals surface area (Å²) in [7, 11) is 2.00. The lowest BCUT2D eigenvalue weighted by molar-refractivity contribution is -0.121. The predicted molar refractivity (Wildman–Crippen MR) is 128 cm³/mol. The number of rotatable bonds is 7. The van der Waals surface area contributed by atoms with Crippen molar-refractivity contribution in [2.24, 2.45) is 5.92 Å². The highest BCUT2D eigenvalue weighted by Gasteiger charge is 2.30. The average molecular weight is 471 g/mol. The Morgan fingerprint density at radius 1 is 1.15 bits per heavy atom. The van der Waals surface area contributed by atoms with E-state index >= 15 is 0 Å². The van der Waals surface area contributed by atoms with Gasteiger partial charge in [-0.2, -0.15) is 0 Å². The van der Waals surface area contributed by atoms with Gasteiger partial charge in [-0.1, -0.05) is 23.7 Å². The van der Waals surface area contributed by atoms with Crippen LogP contribution in [0.3, 0.4) is 0 Å². The van der Waals surface area contributed by atoms with Crippen LogP contribution in [-0.4, -0.2) is 53.0 Å². The van der Waals surface area contributed by atoms with Crippen molar-refractivity contribution >= 4 is 45.9 Å². The first-order valence-corrected chi connectivity index (χ1v) is 11.4. The number of aliphatic hydroxyl groups is 1. The average Bonchev–Trinajstić information content (AvgIpc) is 3.19.